The highest BCUT2D eigenvalue weighted by atomic mass is 19.3. The van der Waals surface area contributed by atoms with Gasteiger partial charge in [-0.25, -0.2) is 17.6 Å². The van der Waals surface area contributed by atoms with Crippen molar-refractivity contribution in [1.29, 1.82) is 0 Å². The van der Waals surface area contributed by atoms with Gasteiger partial charge in [0.15, 0.2) is 5.78 Å². The number of rotatable bonds is 2. The molecule has 1 aliphatic rings. The van der Waals surface area contributed by atoms with Gasteiger partial charge >= 0.3 is 0 Å². The van der Waals surface area contributed by atoms with Gasteiger partial charge in [0.1, 0.15) is 11.6 Å². The summed E-state index contributed by atoms with van der Waals surface area (Å²) in [5.41, 5.74) is -0.433. The Labute approximate surface area is 102 Å². The zero-order valence-corrected chi connectivity index (χ0v) is 9.56. The van der Waals surface area contributed by atoms with Crippen LogP contribution in [0, 0.1) is 17.6 Å². The maximum atomic E-state index is 13.4. The molecule has 5 heteroatoms. The van der Waals surface area contributed by atoms with Crippen LogP contribution in [0.1, 0.15) is 36.0 Å². The Bertz CT molecular complexity index is 470. The van der Waals surface area contributed by atoms with Crippen molar-refractivity contribution in [3.8, 4) is 0 Å². The van der Waals surface area contributed by atoms with Gasteiger partial charge in [-0.15, -0.1) is 0 Å². The van der Waals surface area contributed by atoms with Crippen molar-refractivity contribution in [1.82, 2.24) is 0 Å². The first kappa shape index (κ1) is 13.1. The molecule has 1 nitrogen and oxygen atoms in total. The topological polar surface area (TPSA) is 17.1 Å². The predicted molar refractivity (Wildman–Crippen MR) is 57.6 cm³/mol. The molecule has 0 bridgehead atoms. The Hall–Kier alpha value is -1.39. The molecule has 0 amide bonds. The van der Waals surface area contributed by atoms with Crippen LogP contribution in [0.25, 0.3) is 0 Å². The van der Waals surface area contributed by atoms with Crippen molar-refractivity contribution >= 4 is 5.78 Å². The molecule has 1 aliphatic carbocycles. The molecule has 1 atom stereocenters. The molecule has 0 aromatic heterocycles. The van der Waals surface area contributed by atoms with Crippen LogP contribution in [0.4, 0.5) is 17.6 Å². The molecule has 0 aliphatic heterocycles. The third-order valence-electron chi connectivity index (χ3n) is 3.20. The molecule has 0 N–H and O–H groups in total. The Morgan fingerprint density at radius 3 is 2.67 bits per heavy atom. The van der Waals surface area contributed by atoms with Crippen molar-refractivity contribution < 1.29 is 22.4 Å². The number of alkyl halides is 2. The van der Waals surface area contributed by atoms with E-state index in [1.165, 1.54) is 0 Å². The largest absolute Gasteiger partial charge is 0.294 e. The van der Waals surface area contributed by atoms with Crippen LogP contribution < -0.4 is 0 Å². The fourth-order valence-electron chi connectivity index (χ4n) is 2.30. The molecular formula is C13H12F4O. The van der Waals surface area contributed by atoms with E-state index in [4.69, 9.17) is 0 Å². The van der Waals surface area contributed by atoms with Crippen LogP contribution in [-0.2, 0) is 0 Å². The minimum atomic E-state index is -2.89. The zero-order chi connectivity index (χ0) is 13.3. The van der Waals surface area contributed by atoms with Gasteiger partial charge < -0.3 is 0 Å². The number of Topliss-reactive ketones (excluding diaryl/α,β-unsaturated/α-hetero) is 1. The molecule has 1 unspecified atom stereocenters. The third kappa shape index (κ3) is 2.71. The molecule has 0 heterocycles. The maximum Gasteiger partial charge on any atom is 0.248 e. The van der Waals surface area contributed by atoms with Crippen LogP contribution >= 0.6 is 0 Å². The lowest BCUT2D eigenvalue weighted by atomic mass is 9.81. The minimum absolute atomic E-state index is 0.223. The van der Waals surface area contributed by atoms with Gasteiger partial charge in [-0.1, -0.05) is 0 Å². The lowest BCUT2D eigenvalue weighted by Gasteiger charge is -2.27. The van der Waals surface area contributed by atoms with Gasteiger partial charge in [-0.2, -0.15) is 0 Å². The van der Waals surface area contributed by atoms with Crippen LogP contribution in [0.15, 0.2) is 18.2 Å². The monoisotopic (exact) mass is 260 g/mol. The third-order valence-corrected chi connectivity index (χ3v) is 3.20. The van der Waals surface area contributed by atoms with Gasteiger partial charge in [0, 0.05) is 18.8 Å². The molecule has 1 fully saturated rings. The highest BCUT2D eigenvalue weighted by Gasteiger charge is 2.39. The minimum Gasteiger partial charge on any atom is -0.294 e. The molecule has 0 spiro atoms. The molecule has 0 radical (unpaired) electrons. The van der Waals surface area contributed by atoms with E-state index in [0.717, 1.165) is 18.2 Å². The molecule has 18 heavy (non-hydrogen) atoms. The van der Waals surface area contributed by atoms with E-state index in [9.17, 15) is 22.4 Å². The Morgan fingerprint density at radius 2 is 2.00 bits per heavy atom. The number of halogens is 4. The number of hydrogen-bond donors (Lipinski definition) is 0. The summed E-state index contributed by atoms with van der Waals surface area (Å²) in [5, 5.41) is 0. The summed E-state index contributed by atoms with van der Waals surface area (Å²) in [5.74, 6) is -6.16. The van der Waals surface area contributed by atoms with E-state index in [0.29, 0.717) is 6.42 Å². The molecule has 98 valence electrons. The second-order valence-corrected chi connectivity index (χ2v) is 4.64. The number of carbonyl (C=O) groups excluding carboxylic acids is 1. The summed E-state index contributed by atoms with van der Waals surface area (Å²) in [6, 6.07) is 2.50. The first-order valence-electron chi connectivity index (χ1n) is 5.76. The van der Waals surface area contributed by atoms with Crippen molar-refractivity contribution in [2.75, 3.05) is 0 Å². The Balaban J connectivity index is 2.23. The van der Waals surface area contributed by atoms with Gasteiger partial charge in [-0.05, 0) is 31.0 Å². The first-order chi connectivity index (χ1) is 8.39. The molecule has 1 aromatic carbocycles. The fourth-order valence-corrected chi connectivity index (χ4v) is 2.30. The van der Waals surface area contributed by atoms with Crippen molar-refractivity contribution in [2.24, 2.45) is 5.92 Å². The number of hydrogen-bond acceptors (Lipinski definition) is 1. The van der Waals surface area contributed by atoms with E-state index in [2.05, 4.69) is 0 Å². The van der Waals surface area contributed by atoms with Crippen LogP contribution in [0.3, 0.4) is 0 Å². The van der Waals surface area contributed by atoms with E-state index in [1.807, 2.05) is 0 Å². The number of ketones is 1. The average molecular weight is 260 g/mol. The molecule has 2 rings (SSSR count). The van der Waals surface area contributed by atoms with Crippen LogP contribution in [-0.4, -0.2) is 11.7 Å². The van der Waals surface area contributed by atoms with Gasteiger partial charge in [-0.3, -0.25) is 4.79 Å². The molecule has 1 aromatic rings. The summed E-state index contributed by atoms with van der Waals surface area (Å²) < 4.78 is 52.7. The zero-order valence-electron chi connectivity index (χ0n) is 9.56. The fraction of sp³-hybridized carbons (Fsp3) is 0.462. The van der Waals surface area contributed by atoms with E-state index in [1.54, 1.807) is 0 Å². The molecule has 1 saturated carbocycles. The summed E-state index contributed by atoms with van der Waals surface area (Å²) in [7, 11) is 0. The quantitative estimate of drug-likeness (QED) is 0.580. The molecular weight excluding hydrogens is 248 g/mol. The normalized spacial score (nSPS) is 22.8. The summed E-state index contributed by atoms with van der Waals surface area (Å²) in [6.07, 6.45) is -0.311. The van der Waals surface area contributed by atoms with Crippen molar-refractivity contribution in [3.63, 3.8) is 0 Å². The van der Waals surface area contributed by atoms with E-state index < -0.39 is 41.2 Å². The Morgan fingerprint density at radius 1 is 1.28 bits per heavy atom. The van der Waals surface area contributed by atoms with Gasteiger partial charge in [0.2, 0.25) is 5.92 Å². The van der Waals surface area contributed by atoms with Crippen molar-refractivity contribution in [2.45, 2.75) is 31.6 Å². The number of carbonyl (C=O) groups is 1. The van der Waals surface area contributed by atoms with Gasteiger partial charge in [0.25, 0.3) is 0 Å². The smallest absolute Gasteiger partial charge is 0.248 e. The van der Waals surface area contributed by atoms with Crippen LogP contribution in [0.5, 0.6) is 0 Å². The lowest BCUT2D eigenvalue weighted by Crippen LogP contribution is -2.31. The summed E-state index contributed by atoms with van der Waals surface area (Å²) in [6.45, 7) is 0. The Kier molecular flexibility index (Phi) is 3.41. The number of benzene rings is 1. The SMILES string of the molecule is O=C(c1cc(F)ccc1F)C1CCCC(F)(F)C1. The average Bonchev–Trinajstić information content (AvgIpc) is 2.30. The second-order valence-electron chi connectivity index (χ2n) is 4.64. The molecule has 0 saturated heterocycles. The first-order valence-corrected chi connectivity index (χ1v) is 5.76. The van der Waals surface area contributed by atoms with Crippen LogP contribution in [0.2, 0.25) is 0 Å². The van der Waals surface area contributed by atoms with Gasteiger partial charge in [0.05, 0.1) is 5.56 Å². The summed E-state index contributed by atoms with van der Waals surface area (Å²) in [4.78, 5) is 11.9. The van der Waals surface area contributed by atoms with E-state index in [-0.39, 0.29) is 12.8 Å². The highest BCUT2D eigenvalue weighted by Crippen LogP contribution is 2.38. The van der Waals surface area contributed by atoms with Crippen molar-refractivity contribution in [3.05, 3.63) is 35.4 Å². The maximum absolute atomic E-state index is 13.4. The standard InChI is InChI=1S/C13H12F4O/c14-9-3-4-11(15)10(6-9)12(18)8-2-1-5-13(16,17)7-8/h3-4,6,8H,1-2,5,7H2. The predicted octanol–water partition coefficient (Wildman–Crippen LogP) is 3.97. The summed E-state index contributed by atoms with van der Waals surface area (Å²) >= 11 is 0. The highest BCUT2D eigenvalue weighted by molar-refractivity contribution is 5.98. The van der Waals surface area contributed by atoms with E-state index >= 15 is 0 Å². The lowest BCUT2D eigenvalue weighted by molar-refractivity contribution is -0.0478. The second kappa shape index (κ2) is 4.71.